The van der Waals surface area contributed by atoms with Crippen LogP contribution in [0.4, 0.5) is 0 Å². The number of amides is 1. The third-order valence-electron chi connectivity index (χ3n) is 4.01. The Balaban J connectivity index is 1.68. The quantitative estimate of drug-likeness (QED) is 0.816. The number of methoxy groups -OCH3 is 1. The molecule has 1 N–H and O–H groups in total. The van der Waals surface area contributed by atoms with Gasteiger partial charge in [0.05, 0.1) is 13.7 Å². The summed E-state index contributed by atoms with van der Waals surface area (Å²) in [6.07, 6.45) is 3.28. The molecule has 116 valence electrons. The number of hydrogen-bond acceptors (Lipinski definition) is 3. The summed E-state index contributed by atoms with van der Waals surface area (Å²) >= 11 is 0. The molecule has 1 unspecified atom stereocenters. The van der Waals surface area contributed by atoms with Crippen LogP contribution in [-0.4, -0.2) is 44.1 Å². The van der Waals surface area contributed by atoms with E-state index in [0.29, 0.717) is 12.5 Å². The Bertz CT molecular complexity index is 462. The van der Waals surface area contributed by atoms with Crippen LogP contribution in [-0.2, 0) is 11.2 Å². The molecule has 1 aliphatic rings. The summed E-state index contributed by atoms with van der Waals surface area (Å²) in [5.74, 6) is 1.75. The van der Waals surface area contributed by atoms with Gasteiger partial charge in [-0.1, -0.05) is 19.1 Å². The Morgan fingerprint density at radius 3 is 3.10 bits per heavy atom. The summed E-state index contributed by atoms with van der Waals surface area (Å²) < 4.78 is 5.21. The first-order chi connectivity index (χ1) is 10.2. The third kappa shape index (κ3) is 5.05. The van der Waals surface area contributed by atoms with Crippen LogP contribution < -0.4 is 10.1 Å². The molecule has 1 aliphatic heterocycles. The maximum Gasteiger partial charge on any atom is 0.236 e. The number of rotatable bonds is 6. The number of ether oxygens (including phenoxy) is 1. The Hall–Kier alpha value is -1.55. The van der Waals surface area contributed by atoms with E-state index in [9.17, 15) is 4.79 Å². The van der Waals surface area contributed by atoms with Crippen LogP contribution >= 0.6 is 0 Å². The average Bonchev–Trinajstić information content (AvgIpc) is 2.51. The fraction of sp³-hybridized carbons (Fsp3) is 0.588. The van der Waals surface area contributed by atoms with E-state index in [1.807, 2.05) is 23.1 Å². The van der Waals surface area contributed by atoms with E-state index in [0.717, 1.165) is 38.2 Å². The molecule has 0 aliphatic carbocycles. The minimum Gasteiger partial charge on any atom is -0.497 e. The lowest BCUT2D eigenvalue weighted by Crippen LogP contribution is -2.43. The molecule has 1 saturated heterocycles. The normalized spacial score (nSPS) is 18.6. The minimum absolute atomic E-state index is 0.229. The molecule has 0 spiro atoms. The molecule has 2 rings (SSSR count). The van der Waals surface area contributed by atoms with Crippen molar-refractivity contribution >= 4 is 5.91 Å². The molecular formula is C17H26N2O2. The van der Waals surface area contributed by atoms with Gasteiger partial charge in [0.2, 0.25) is 5.91 Å². The highest BCUT2D eigenvalue weighted by molar-refractivity contribution is 5.78. The van der Waals surface area contributed by atoms with Crippen molar-refractivity contribution in [3.8, 4) is 5.75 Å². The molecule has 4 heteroatoms. The maximum absolute atomic E-state index is 12.1. The van der Waals surface area contributed by atoms with E-state index in [1.165, 1.54) is 12.0 Å². The lowest BCUT2D eigenvalue weighted by atomic mass is 10.0. The molecule has 21 heavy (non-hydrogen) atoms. The zero-order valence-corrected chi connectivity index (χ0v) is 13.1. The number of likely N-dealkylation sites (tertiary alicyclic amines) is 1. The van der Waals surface area contributed by atoms with Crippen LogP contribution in [0, 0.1) is 5.92 Å². The highest BCUT2D eigenvalue weighted by Crippen LogP contribution is 2.15. The fourth-order valence-electron chi connectivity index (χ4n) is 2.78. The van der Waals surface area contributed by atoms with Gasteiger partial charge in [-0.05, 0) is 49.4 Å². The van der Waals surface area contributed by atoms with Gasteiger partial charge in [0.1, 0.15) is 5.75 Å². The average molecular weight is 290 g/mol. The first-order valence-electron chi connectivity index (χ1n) is 7.80. The van der Waals surface area contributed by atoms with Gasteiger partial charge in [-0.3, -0.25) is 4.79 Å². The van der Waals surface area contributed by atoms with Crippen molar-refractivity contribution in [3.05, 3.63) is 29.8 Å². The Labute approximate surface area is 127 Å². The van der Waals surface area contributed by atoms with E-state index in [2.05, 4.69) is 18.3 Å². The maximum atomic E-state index is 12.1. The molecule has 1 aromatic rings. The predicted octanol–water partition coefficient (Wildman–Crippen LogP) is 2.09. The van der Waals surface area contributed by atoms with Gasteiger partial charge in [0, 0.05) is 13.1 Å². The first-order valence-corrected chi connectivity index (χ1v) is 7.80. The van der Waals surface area contributed by atoms with Gasteiger partial charge >= 0.3 is 0 Å². The number of nitrogens with zero attached hydrogens (tertiary/aromatic N) is 1. The van der Waals surface area contributed by atoms with Crippen molar-refractivity contribution in [2.75, 3.05) is 33.3 Å². The van der Waals surface area contributed by atoms with Crippen LogP contribution in [0.2, 0.25) is 0 Å². The summed E-state index contributed by atoms with van der Waals surface area (Å²) in [7, 11) is 1.68. The summed E-state index contributed by atoms with van der Waals surface area (Å²) in [5, 5.41) is 3.25. The summed E-state index contributed by atoms with van der Waals surface area (Å²) in [6.45, 7) is 5.30. The van der Waals surface area contributed by atoms with E-state index in [4.69, 9.17) is 4.74 Å². The van der Waals surface area contributed by atoms with E-state index in [-0.39, 0.29) is 5.91 Å². The van der Waals surface area contributed by atoms with Crippen LogP contribution in [0.5, 0.6) is 5.75 Å². The van der Waals surface area contributed by atoms with Crippen molar-refractivity contribution < 1.29 is 9.53 Å². The van der Waals surface area contributed by atoms with Gasteiger partial charge in [-0.25, -0.2) is 0 Å². The van der Waals surface area contributed by atoms with Crippen molar-refractivity contribution in [2.45, 2.75) is 26.2 Å². The zero-order chi connectivity index (χ0) is 15.1. The van der Waals surface area contributed by atoms with E-state index < -0.39 is 0 Å². The largest absolute Gasteiger partial charge is 0.497 e. The lowest BCUT2D eigenvalue weighted by Gasteiger charge is -2.31. The number of hydrogen-bond donors (Lipinski definition) is 1. The monoisotopic (exact) mass is 290 g/mol. The van der Waals surface area contributed by atoms with Crippen LogP contribution in [0.15, 0.2) is 24.3 Å². The number of carbonyl (C=O) groups is 1. The molecule has 0 bridgehead atoms. The highest BCUT2D eigenvalue weighted by Gasteiger charge is 2.20. The highest BCUT2D eigenvalue weighted by atomic mass is 16.5. The number of carbonyl (C=O) groups excluding carboxylic acids is 1. The molecule has 1 atom stereocenters. The van der Waals surface area contributed by atoms with Gasteiger partial charge < -0.3 is 15.0 Å². The van der Waals surface area contributed by atoms with Crippen molar-refractivity contribution in [1.29, 1.82) is 0 Å². The SMILES string of the molecule is COc1cccc(CCNCC(=O)N2CCCC(C)C2)c1. The van der Waals surface area contributed by atoms with E-state index in [1.54, 1.807) is 7.11 Å². The Kier molecular flexibility index (Phi) is 6.05. The zero-order valence-electron chi connectivity index (χ0n) is 13.1. The summed E-state index contributed by atoms with van der Waals surface area (Å²) in [5.41, 5.74) is 1.22. The Morgan fingerprint density at radius 2 is 2.33 bits per heavy atom. The molecule has 0 aromatic heterocycles. The molecule has 1 aromatic carbocycles. The molecule has 1 fully saturated rings. The number of piperidine rings is 1. The minimum atomic E-state index is 0.229. The summed E-state index contributed by atoms with van der Waals surface area (Å²) in [4.78, 5) is 14.1. The van der Waals surface area contributed by atoms with Crippen molar-refractivity contribution in [1.82, 2.24) is 10.2 Å². The van der Waals surface area contributed by atoms with Crippen LogP contribution in [0.1, 0.15) is 25.3 Å². The van der Waals surface area contributed by atoms with Crippen molar-refractivity contribution in [2.24, 2.45) is 5.92 Å². The smallest absolute Gasteiger partial charge is 0.236 e. The standard InChI is InChI=1S/C17H26N2O2/c1-14-5-4-10-19(13-14)17(20)12-18-9-8-15-6-3-7-16(11-15)21-2/h3,6-7,11,14,18H,4-5,8-10,12-13H2,1-2H3. The third-order valence-corrected chi connectivity index (χ3v) is 4.01. The van der Waals surface area contributed by atoms with Crippen LogP contribution in [0.25, 0.3) is 0 Å². The lowest BCUT2D eigenvalue weighted by molar-refractivity contribution is -0.131. The number of benzene rings is 1. The van der Waals surface area contributed by atoms with Gasteiger partial charge in [-0.2, -0.15) is 0 Å². The first kappa shape index (κ1) is 15.8. The summed E-state index contributed by atoms with van der Waals surface area (Å²) in [6, 6.07) is 8.06. The molecule has 1 heterocycles. The Morgan fingerprint density at radius 1 is 1.48 bits per heavy atom. The molecule has 0 saturated carbocycles. The second kappa shape index (κ2) is 8.03. The van der Waals surface area contributed by atoms with Gasteiger partial charge in [0.15, 0.2) is 0 Å². The van der Waals surface area contributed by atoms with Gasteiger partial charge in [-0.15, -0.1) is 0 Å². The molecule has 4 nitrogen and oxygen atoms in total. The van der Waals surface area contributed by atoms with Crippen molar-refractivity contribution in [3.63, 3.8) is 0 Å². The molecular weight excluding hydrogens is 264 g/mol. The number of nitrogens with one attached hydrogen (secondary N) is 1. The topological polar surface area (TPSA) is 41.6 Å². The molecule has 1 amide bonds. The predicted molar refractivity (Wildman–Crippen MR) is 84.5 cm³/mol. The van der Waals surface area contributed by atoms with Gasteiger partial charge in [0.25, 0.3) is 0 Å². The fourth-order valence-corrected chi connectivity index (χ4v) is 2.78. The molecule has 0 radical (unpaired) electrons. The van der Waals surface area contributed by atoms with Crippen LogP contribution in [0.3, 0.4) is 0 Å². The second-order valence-electron chi connectivity index (χ2n) is 5.87. The van der Waals surface area contributed by atoms with E-state index >= 15 is 0 Å². The second-order valence-corrected chi connectivity index (χ2v) is 5.87.